The van der Waals surface area contributed by atoms with Gasteiger partial charge in [-0.05, 0) is 23.8 Å². The van der Waals surface area contributed by atoms with Gasteiger partial charge in [0.25, 0.3) is 0 Å². The van der Waals surface area contributed by atoms with Gasteiger partial charge in [-0.3, -0.25) is 9.69 Å². The molecule has 2 aromatic rings. The predicted molar refractivity (Wildman–Crippen MR) is 94.6 cm³/mol. The number of amides is 2. The zero-order valence-electron chi connectivity index (χ0n) is 13.8. The summed E-state index contributed by atoms with van der Waals surface area (Å²) < 4.78 is 5.38. The van der Waals surface area contributed by atoms with E-state index < -0.39 is 6.09 Å². The Morgan fingerprint density at radius 3 is 2.80 bits per heavy atom. The third kappa shape index (κ3) is 4.09. The molecule has 2 amide bonds. The number of halogens is 1. The van der Waals surface area contributed by atoms with Crippen LogP contribution >= 0.6 is 11.6 Å². The van der Waals surface area contributed by atoms with Crippen LogP contribution in [0.2, 0.25) is 5.15 Å². The number of anilines is 1. The zero-order valence-corrected chi connectivity index (χ0v) is 14.5. The second-order valence-electron chi connectivity index (χ2n) is 5.86. The van der Waals surface area contributed by atoms with Crippen molar-refractivity contribution in [2.24, 2.45) is 0 Å². The monoisotopic (exact) mass is 359 g/mol. The van der Waals surface area contributed by atoms with E-state index in [2.05, 4.69) is 4.98 Å². The normalized spacial score (nSPS) is 16.6. The molecule has 6 nitrogen and oxygen atoms in total. The number of hydrogen-bond acceptors (Lipinski definition) is 4. The lowest BCUT2D eigenvalue weighted by Crippen LogP contribution is -2.37. The standard InChI is InChI=1S/C18H18ClN3O3/c1-21(16(23)10-13-6-5-9-20-17(13)19)11-15-12-22(18(24)25-15)14-7-3-2-4-8-14/h2-9,15H,10-12H2,1H3. The summed E-state index contributed by atoms with van der Waals surface area (Å²) in [5, 5.41) is 0.326. The van der Waals surface area contributed by atoms with Crippen LogP contribution in [0, 0.1) is 0 Å². The Morgan fingerprint density at radius 2 is 2.08 bits per heavy atom. The SMILES string of the molecule is CN(CC1CN(c2ccccc2)C(=O)O1)C(=O)Cc1cccnc1Cl. The molecule has 3 rings (SSSR count). The Morgan fingerprint density at radius 1 is 1.32 bits per heavy atom. The smallest absolute Gasteiger partial charge is 0.414 e. The summed E-state index contributed by atoms with van der Waals surface area (Å²) in [5.74, 6) is -0.107. The van der Waals surface area contributed by atoms with Gasteiger partial charge in [-0.25, -0.2) is 9.78 Å². The number of likely N-dealkylation sites (N-methyl/N-ethyl adjacent to an activating group) is 1. The maximum absolute atomic E-state index is 12.4. The number of pyridine rings is 1. The highest BCUT2D eigenvalue weighted by atomic mass is 35.5. The average molecular weight is 360 g/mol. The summed E-state index contributed by atoms with van der Waals surface area (Å²) in [6.45, 7) is 0.736. The first-order valence-electron chi connectivity index (χ1n) is 7.91. The molecule has 25 heavy (non-hydrogen) atoms. The summed E-state index contributed by atoms with van der Waals surface area (Å²) in [7, 11) is 1.69. The van der Waals surface area contributed by atoms with Gasteiger partial charge < -0.3 is 9.64 Å². The number of carbonyl (C=O) groups excluding carboxylic acids is 2. The molecule has 1 unspecified atom stereocenters. The molecule has 130 valence electrons. The molecule has 1 aromatic carbocycles. The highest BCUT2D eigenvalue weighted by Gasteiger charge is 2.33. The molecule has 1 aliphatic heterocycles. The van der Waals surface area contributed by atoms with Crippen LogP contribution in [0.4, 0.5) is 10.5 Å². The molecule has 1 aromatic heterocycles. The lowest BCUT2D eigenvalue weighted by atomic mass is 10.2. The molecular formula is C18H18ClN3O3. The second-order valence-corrected chi connectivity index (χ2v) is 6.21. The molecule has 1 saturated heterocycles. The van der Waals surface area contributed by atoms with E-state index in [9.17, 15) is 9.59 Å². The molecule has 1 aliphatic rings. The minimum Gasteiger partial charge on any atom is -0.442 e. The van der Waals surface area contributed by atoms with Crippen LogP contribution in [0.1, 0.15) is 5.56 Å². The molecule has 0 saturated carbocycles. The van der Waals surface area contributed by atoms with Crippen molar-refractivity contribution < 1.29 is 14.3 Å². The van der Waals surface area contributed by atoms with E-state index in [1.807, 2.05) is 30.3 Å². The van der Waals surface area contributed by atoms with Gasteiger partial charge in [0, 0.05) is 18.9 Å². The van der Waals surface area contributed by atoms with Gasteiger partial charge in [0.2, 0.25) is 5.91 Å². The van der Waals surface area contributed by atoms with E-state index in [1.165, 1.54) is 0 Å². The van der Waals surface area contributed by atoms with Gasteiger partial charge in [-0.15, -0.1) is 0 Å². The maximum atomic E-state index is 12.4. The van der Waals surface area contributed by atoms with E-state index in [-0.39, 0.29) is 18.4 Å². The van der Waals surface area contributed by atoms with E-state index in [1.54, 1.807) is 35.2 Å². The number of hydrogen-bond donors (Lipinski definition) is 0. The van der Waals surface area contributed by atoms with Crippen LogP contribution in [-0.4, -0.2) is 48.1 Å². The van der Waals surface area contributed by atoms with E-state index in [4.69, 9.17) is 16.3 Å². The minimum atomic E-state index is -0.396. The fraction of sp³-hybridized carbons (Fsp3) is 0.278. The third-order valence-corrected chi connectivity index (χ3v) is 4.36. The number of cyclic esters (lactones) is 1. The molecule has 1 fully saturated rings. The summed E-state index contributed by atoms with van der Waals surface area (Å²) in [6, 6.07) is 12.8. The maximum Gasteiger partial charge on any atom is 0.414 e. The van der Waals surface area contributed by atoms with E-state index in [0.29, 0.717) is 23.8 Å². The lowest BCUT2D eigenvalue weighted by molar-refractivity contribution is -0.130. The van der Waals surface area contributed by atoms with Gasteiger partial charge in [0.1, 0.15) is 11.3 Å². The summed E-state index contributed by atoms with van der Waals surface area (Å²) in [6.07, 6.45) is 0.973. The van der Waals surface area contributed by atoms with Gasteiger partial charge in [0.15, 0.2) is 0 Å². The number of nitrogens with zero attached hydrogens (tertiary/aromatic N) is 3. The van der Waals surface area contributed by atoms with Crippen molar-refractivity contribution >= 4 is 29.3 Å². The van der Waals surface area contributed by atoms with Crippen molar-refractivity contribution in [3.63, 3.8) is 0 Å². The fourth-order valence-electron chi connectivity index (χ4n) is 2.69. The highest BCUT2D eigenvalue weighted by Crippen LogP contribution is 2.21. The molecule has 0 aliphatic carbocycles. The van der Waals surface area contributed by atoms with Crippen molar-refractivity contribution in [2.75, 3.05) is 25.0 Å². The predicted octanol–water partition coefficient (Wildman–Crippen LogP) is 2.76. The minimum absolute atomic E-state index is 0.107. The number of rotatable bonds is 5. The Balaban J connectivity index is 1.58. The summed E-state index contributed by atoms with van der Waals surface area (Å²) >= 11 is 5.99. The van der Waals surface area contributed by atoms with Crippen LogP contribution in [0.15, 0.2) is 48.7 Å². The topological polar surface area (TPSA) is 62.7 Å². The molecule has 2 heterocycles. The van der Waals surface area contributed by atoms with Crippen LogP contribution in [0.5, 0.6) is 0 Å². The largest absolute Gasteiger partial charge is 0.442 e. The van der Waals surface area contributed by atoms with Gasteiger partial charge >= 0.3 is 6.09 Å². The molecule has 7 heteroatoms. The Kier molecular flexibility index (Phi) is 5.19. The van der Waals surface area contributed by atoms with Crippen molar-refractivity contribution in [1.29, 1.82) is 0 Å². The van der Waals surface area contributed by atoms with E-state index >= 15 is 0 Å². The van der Waals surface area contributed by atoms with Crippen molar-refractivity contribution in [3.05, 3.63) is 59.4 Å². The molecule has 1 atom stereocenters. The van der Waals surface area contributed by atoms with Gasteiger partial charge in [0.05, 0.1) is 19.5 Å². The zero-order chi connectivity index (χ0) is 17.8. The Hall–Kier alpha value is -2.60. The Labute approximate surface area is 151 Å². The Bertz CT molecular complexity index is 769. The fourth-order valence-corrected chi connectivity index (χ4v) is 2.88. The molecule has 0 bridgehead atoms. The van der Waals surface area contributed by atoms with Crippen molar-refractivity contribution in [1.82, 2.24) is 9.88 Å². The van der Waals surface area contributed by atoms with E-state index in [0.717, 1.165) is 5.69 Å². The average Bonchev–Trinajstić information content (AvgIpc) is 2.98. The number of carbonyl (C=O) groups is 2. The highest BCUT2D eigenvalue weighted by molar-refractivity contribution is 6.30. The van der Waals surface area contributed by atoms with Crippen LogP contribution in [0.25, 0.3) is 0 Å². The quantitative estimate of drug-likeness (QED) is 0.770. The molecule has 0 N–H and O–H groups in total. The lowest BCUT2D eigenvalue weighted by Gasteiger charge is -2.20. The van der Waals surface area contributed by atoms with Crippen LogP contribution < -0.4 is 4.90 Å². The first-order valence-corrected chi connectivity index (χ1v) is 8.29. The van der Waals surface area contributed by atoms with Crippen molar-refractivity contribution in [3.8, 4) is 0 Å². The molecule has 0 spiro atoms. The number of benzene rings is 1. The molecular weight excluding hydrogens is 342 g/mol. The van der Waals surface area contributed by atoms with Crippen molar-refractivity contribution in [2.45, 2.75) is 12.5 Å². The summed E-state index contributed by atoms with van der Waals surface area (Å²) in [4.78, 5) is 31.5. The first kappa shape index (κ1) is 17.2. The van der Waals surface area contributed by atoms with Gasteiger partial charge in [-0.1, -0.05) is 35.9 Å². The van der Waals surface area contributed by atoms with Crippen LogP contribution in [-0.2, 0) is 16.0 Å². The molecule has 0 radical (unpaired) electrons. The number of aromatic nitrogens is 1. The van der Waals surface area contributed by atoms with Gasteiger partial charge in [-0.2, -0.15) is 0 Å². The second kappa shape index (κ2) is 7.53. The first-order chi connectivity index (χ1) is 12.0. The number of ether oxygens (including phenoxy) is 1. The van der Waals surface area contributed by atoms with Crippen LogP contribution in [0.3, 0.4) is 0 Å². The third-order valence-electron chi connectivity index (χ3n) is 4.02. The number of para-hydroxylation sites is 1. The summed E-state index contributed by atoms with van der Waals surface area (Å²) in [5.41, 5.74) is 1.46.